The van der Waals surface area contributed by atoms with Gasteiger partial charge in [-0.15, -0.1) is 0 Å². The maximum Gasteiger partial charge on any atom is 0.302 e. The molecule has 3 aromatic rings. The largest absolute Gasteiger partial charge is 0.469 e. The van der Waals surface area contributed by atoms with Crippen molar-refractivity contribution >= 4 is 34.6 Å². The summed E-state index contributed by atoms with van der Waals surface area (Å²) in [6.45, 7) is 39.0. The van der Waals surface area contributed by atoms with Gasteiger partial charge in [0.1, 0.15) is 23.2 Å². The van der Waals surface area contributed by atoms with E-state index in [0.29, 0.717) is 52.9 Å². The fourth-order valence-corrected chi connectivity index (χ4v) is 6.97. The number of nitrogens with zero attached hydrogens (tertiary/aromatic N) is 1. The number of carbonyl (C=O) groups is 3. The predicted molar refractivity (Wildman–Crippen MR) is 288 cm³/mol. The van der Waals surface area contributed by atoms with Gasteiger partial charge in [0.2, 0.25) is 0 Å². The average molecular weight is 945 g/mol. The number of aliphatic imine (C=N–C) groups is 1. The SMILES string of the molecule is C=C(Nc1cc([C@H](C)CCC(C)c2ccc(N=C(C)C(C)CCCC)c(C)c2)ccc1C)C(C)CCCC.CC(=O)[C@@H](C)C(C)C.CCC(C)=O.COC(C)=O.Cc1cc(F)c(C2CC2)c(F)c1. The number of anilines is 1. The van der Waals surface area contributed by atoms with Gasteiger partial charge in [-0.25, -0.2) is 8.78 Å². The third-order valence-corrected chi connectivity index (χ3v) is 13.2. The Kier molecular flexibility index (Phi) is 31.7. The van der Waals surface area contributed by atoms with Crippen molar-refractivity contribution in [1.29, 1.82) is 0 Å². The van der Waals surface area contributed by atoms with E-state index in [9.17, 15) is 23.2 Å². The smallest absolute Gasteiger partial charge is 0.302 e. The van der Waals surface area contributed by atoms with Crippen LogP contribution in [0.4, 0.5) is 20.2 Å². The molecular formula is C60H94F2N2O4. The van der Waals surface area contributed by atoms with E-state index >= 15 is 0 Å². The summed E-state index contributed by atoms with van der Waals surface area (Å²) in [7, 11) is 1.35. The highest BCUT2D eigenvalue weighted by molar-refractivity contribution is 5.87. The van der Waals surface area contributed by atoms with Crippen molar-refractivity contribution in [1.82, 2.24) is 0 Å². The molecule has 5 atom stereocenters. The molecule has 1 aliphatic rings. The van der Waals surface area contributed by atoms with Gasteiger partial charge in [0.25, 0.3) is 0 Å². The predicted octanol–water partition coefficient (Wildman–Crippen LogP) is 17.8. The number of unbranched alkanes of at least 4 members (excludes halogenated alkanes) is 2. The summed E-state index contributed by atoms with van der Waals surface area (Å²) in [6.07, 6.45) is 12.3. The molecule has 0 radical (unpaired) electrons. The van der Waals surface area contributed by atoms with Crippen LogP contribution in [-0.2, 0) is 19.1 Å². The van der Waals surface area contributed by atoms with Crippen LogP contribution < -0.4 is 5.32 Å². The van der Waals surface area contributed by atoms with E-state index in [1.807, 2.05) is 13.8 Å². The highest BCUT2D eigenvalue weighted by Gasteiger charge is 2.29. The number of hydrogen-bond donors (Lipinski definition) is 1. The maximum absolute atomic E-state index is 13.2. The highest BCUT2D eigenvalue weighted by Crippen LogP contribution is 2.42. The maximum atomic E-state index is 13.2. The lowest BCUT2D eigenvalue weighted by atomic mass is 9.88. The van der Waals surface area contributed by atoms with Crippen molar-refractivity contribution < 1.29 is 27.9 Å². The second kappa shape index (κ2) is 33.9. The van der Waals surface area contributed by atoms with Gasteiger partial charge in [0.05, 0.1) is 12.8 Å². The molecule has 0 aliphatic heterocycles. The first kappa shape index (κ1) is 63.5. The van der Waals surface area contributed by atoms with E-state index in [2.05, 4.69) is 129 Å². The molecule has 1 saturated carbocycles. The van der Waals surface area contributed by atoms with Crippen molar-refractivity contribution in [3.8, 4) is 0 Å². The summed E-state index contributed by atoms with van der Waals surface area (Å²) in [6, 6.07) is 16.6. The molecule has 1 N–H and O–H groups in total. The Labute approximate surface area is 414 Å². The first-order valence-corrected chi connectivity index (χ1v) is 25.6. The molecule has 68 heavy (non-hydrogen) atoms. The fourth-order valence-electron chi connectivity index (χ4n) is 6.97. The van der Waals surface area contributed by atoms with E-state index in [1.165, 1.54) is 111 Å². The van der Waals surface area contributed by atoms with Crippen LogP contribution in [0.3, 0.4) is 0 Å². The molecule has 0 saturated heterocycles. The number of benzene rings is 3. The van der Waals surface area contributed by atoms with Gasteiger partial charge < -0.3 is 14.8 Å². The first-order valence-electron chi connectivity index (χ1n) is 25.6. The molecule has 382 valence electrons. The Bertz CT molecular complexity index is 1980. The number of rotatable bonds is 20. The Hall–Kier alpha value is -4.46. The van der Waals surface area contributed by atoms with Crippen molar-refractivity contribution in [3.63, 3.8) is 0 Å². The minimum atomic E-state index is -0.380. The van der Waals surface area contributed by atoms with Gasteiger partial charge in [-0.1, -0.05) is 126 Å². The molecule has 0 aromatic heterocycles. The lowest BCUT2D eigenvalue weighted by Gasteiger charge is -2.21. The monoisotopic (exact) mass is 945 g/mol. The summed E-state index contributed by atoms with van der Waals surface area (Å²) in [4.78, 5) is 35.0. The van der Waals surface area contributed by atoms with Gasteiger partial charge in [0.15, 0.2) is 0 Å². The topological polar surface area (TPSA) is 84.8 Å². The molecule has 0 amide bonds. The van der Waals surface area contributed by atoms with Gasteiger partial charge in [-0.3, -0.25) is 14.6 Å². The summed E-state index contributed by atoms with van der Waals surface area (Å²) >= 11 is 0. The summed E-state index contributed by atoms with van der Waals surface area (Å²) < 4.78 is 30.4. The Morgan fingerprint density at radius 3 is 1.59 bits per heavy atom. The number of aryl methyl sites for hydroxylation is 3. The van der Waals surface area contributed by atoms with Crippen molar-refractivity contribution in [2.45, 2.75) is 206 Å². The quantitative estimate of drug-likeness (QED) is 0.0901. The van der Waals surface area contributed by atoms with E-state index in [0.717, 1.165) is 24.2 Å². The minimum absolute atomic E-state index is 0.144. The summed E-state index contributed by atoms with van der Waals surface area (Å²) in [5.41, 5.74) is 11.1. The van der Waals surface area contributed by atoms with Crippen LogP contribution in [0.1, 0.15) is 219 Å². The molecule has 1 fully saturated rings. The molecule has 6 nitrogen and oxygen atoms in total. The van der Waals surface area contributed by atoms with Crippen LogP contribution in [-0.4, -0.2) is 30.4 Å². The van der Waals surface area contributed by atoms with Crippen molar-refractivity contribution in [3.05, 3.63) is 106 Å². The average Bonchev–Trinajstić information content (AvgIpc) is 4.13. The third-order valence-electron chi connectivity index (χ3n) is 13.2. The number of ketones is 2. The second-order valence-electron chi connectivity index (χ2n) is 19.8. The molecule has 0 bridgehead atoms. The normalized spacial score (nSPS) is 14.1. The molecule has 4 rings (SSSR count). The van der Waals surface area contributed by atoms with Crippen LogP contribution in [0.25, 0.3) is 0 Å². The number of esters is 1. The van der Waals surface area contributed by atoms with Crippen molar-refractivity contribution in [2.75, 3.05) is 12.4 Å². The van der Waals surface area contributed by atoms with Crippen LogP contribution in [0.15, 0.2) is 65.8 Å². The number of hydrogen-bond acceptors (Lipinski definition) is 6. The molecule has 3 aromatic carbocycles. The molecular weight excluding hydrogens is 851 g/mol. The van der Waals surface area contributed by atoms with Crippen LogP contribution >= 0.6 is 0 Å². The molecule has 1 aliphatic carbocycles. The number of ether oxygens (including phenoxy) is 1. The number of allylic oxidation sites excluding steroid dienone is 1. The zero-order valence-corrected chi connectivity index (χ0v) is 46.0. The van der Waals surface area contributed by atoms with Gasteiger partial charge in [-0.2, -0.15) is 0 Å². The van der Waals surface area contributed by atoms with E-state index in [-0.39, 0.29) is 35.2 Å². The molecule has 8 heteroatoms. The number of carbonyl (C=O) groups excluding carboxylic acids is 3. The van der Waals surface area contributed by atoms with Crippen LogP contribution in [0.2, 0.25) is 0 Å². The van der Waals surface area contributed by atoms with Crippen molar-refractivity contribution in [2.24, 2.45) is 28.7 Å². The summed E-state index contributed by atoms with van der Waals surface area (Å²) in [5.74, 6) is 2.50. The lowest BCUT2D eigenvalue weighted by molar-refractivity contribution is -0.138. The number of nitrogens with one attached hydrogen (secondary N) is 1. The van der Waals surface area contributed by atoms with Crippen LogP contribution in [0, 0.1) is 56.1 Å². The minimum Gasteiger partial charge on any atom is -0.469 e. The zero-order chi connectivity index (χ0) is 52.3. The molecule has 3 unspecified atom stereocenters. The fraction of sp³-hybridized carbons (Fsp3) is 0.600. The molecule has 0 heterocycles. The lowest BCUT2D eigenvalue weighted by Crippen LogP contribution is -2.12. The zero-order valence-electron chi connectivity index (χ0n) is 46.0. The van der Waals surface area contributed by atoms with Gasteiger partial charge in [0, 0.05) is 41.9 Å². The van der Waals surface area contributed by atoms with E-state index < -0.39 is 0 Å². The Morgan fingerprint density at radius 2 is 1.19 bits per heavy atom. The number of Topliss-reactive ketones (excluding diaryl/α,β-unsaturated/α-hetero) is 2. The third kappa shape index (κ3) is 25.8. The summed E-state index contributed by atoms with van der Waals surface area (Å²) in [5, 5.41) is 3.64. The molecule has 0 spiro atoms. The number of halogens is 2. The van der Waals surface area contributed by atoms with Gasteiger partial charge >= 0.3 is 5.97 Å². The van der Waals surface area contributed by atoms with Crippen LogP contribution in [0.5, 0.6) is 0 Å². The Balaban J connectivity index is 0.00000119. The highest BCUT2D eigenvalue weighted by atomic mass is 19.1. The second-order valence-corrected chi connectivity index (χ2v) is 19.8. The first-order chi connectivity index (χ1) is 31.8. The van der Waals surface area contributed by atoms with Gasteiger partial charge in [-0.05, 0) is 168 Å². The van der Waals surface area contributed by atoms with E-state index in [1.54, 1.807) is 20.8 Å². The van der Waals surface area contributed by atoms with E-state index in [4.69, 9.17) is 4.99 Å². The Morgan fingerprint density at radius 1 is 0.721 bits per heavy atom. The number of methoxy groups -OCH3 is 1. The standard InChI is InChI=1S/C36H56N2.C10H10F2.C7H14O.C4H8O.C3H6O2/c1-11-13-15-25(3)31(9)37-35-22-21-33(23-30(35)8)27(5)17-18-28(6)34-20-19-29(7)36(24-34)38-32(10)26(4)16-14-12-2;1-6-4-8(11)10(7-2-3-7)9(12)5-6;1-5(2)6(3)7(4)8;1-3-4(2)5;1-3(4)5-2/h19-28,38H,10-18H2,1-9H3;4-5,7H,2-3H2,1H3;5-6H,1-4H3;3H2,1-2H3;1-2H3/t25?,26?,27?,28-;;6-;;/m1.0../s1.